The van der Waals surface area contributed by atoms with Crippen molar-refractivity contribution in [2.75, 3.05) is 13.2 Å². The van der Waals surface area contributed by atoms with Crippen molar-refractivity contribution in [2.45, 2.75) is 107 Å². The zero-order valence-electron chi connectivity index (χ0n) is 30.8. The van der Waals surface area contributed by atoms with Crippen LogP contribution in [0, 0.1) is 0 Å². The van der Waals surface area contributed by atoms with Crippen LogP contribution in [0.15, 0.2) is 65.6 Å². The minimum atomic E-state index is -1.79. The number of hydrogen-bond donors (Lipinski definition) is 0. The van der Waals surface area contributed by atoms with E-state index in [9.17, 15) is 33.6 Å². The molecule has 0 amide bonds. The smallest absolute Gasteiger partial charge is 0.338 e. The Morgan fingerprint density at radius 1 is 0.509 bits per heavy atom. The molecule has 0 aromatic heterocycles. The molecular formula is C37H42O17S. The number of carbonyl (C=O) groups excluding carboxylic acids is 7. The molecule has 55 heavy (non-hydrogen) atoms. The van der Waals surface area contributed by atoms with E-state index in [1.807, 2.05) is 0 Å². The Bertz CT molecular complexity index is 1670. The lowest BCUT2D eigenvalue weighted by Gasteiger charge is -2.48. The Kier molecular flexibility index (Phi) is 15.6. The first-order valence-electron chi connectivity index (χ1n) is 17.0. The maximum atomic E-state index is 13.7. The Hall–Kier alpha value is -5.04. The maximum Gasteiger partial charge on any atom is 0.338 e. The molecule has 0 saturated carbocycles. The summed E-state index contributed by atoms with van der Waals surface area (Å²) in [6.45, 7) is 5.54. The summed E-state index contributed by atoms with van der Waals surface area (Å²) >= 11 is 1.10. The molecule has 0 aliphatic carbocycles. The summed E-state index contributed by atoms with van der Waals surface area (Å²) in [5, 5.41) is 0. The van der Waals surface area contributed by atoms with Gasteiger partial charge in [0.1, 0.15) is 37.0 Å². The highest BCUT2D eigenvalue weighted by atomic mass is 32.2. The number of hydrogen-bond acceptors (Lipinski definition) is 18. The van der Waals surface area contributed by atoms with E-state index in [0.717, 1.165) is 53.3 Å². The molecule has 4 rings (SSSR count). The topological polar surface area (TPSA) is 212 Å². The van der Waals surface area contributed by atoms with Crippen molar-refractivity contribution in [1.29, 1.82) is 0 Å². The second-order valence-electron chi connectivity index (χ2n) is 12.3. The number of esters is 7. The van der Waals surface area contributed by atoms with E-state index in [2.05, 4.69) is 0 Å². The lowest BCUT2D eigenvalue weighted by Crippen LogP contribution is -2.67. The SMILES string of the molecule is CC(=O)OC[C@H]1O[C@H](O[C@@H]2[C@H](OC(=O)c3ccccc3)[C@@H](Sc3ccccc3)O[C@H](COC(C)=O)[C@H]2OC(C)=O)[C@@H](OC(C)=O)[C@@H](OC(C)=O)[C@@H]1OC(C)=O. The average molecular weight is 791 g/mol. The zero-order valence-corrected chi connectivity index (χ0v) is 31.6. The van der Waals surface area contributed by atoms with Crippen molar-refractivity contribution in [1.82, 2.24) is 0 Å². The lowest BCUT2D eigenvalue weighted by molar-refractivity contribution is -0.340. The molecule has 2 heterocycles. The van der Waals surface area contributed by atoms with Crippen LogP contribution < -0.4 is 0 Å². The molecule has 0 unspecified atom stereocenters. The van der Waals surface area contributed by atoms with Crippen molar-refractivity contribution < 1.29 is 80.9 Å². The Balaban J connectivity index is 1.89. The first-order chi connectivity index (χ1) is 26.1. The largest absolute Gasteiger partial charge is 0.463 e. The van der Waals surface area contributed by atoms with Crippen LogP contribution >= 0.6 is 11.8 Å². The molecule has 2 fully saturated rings. The number of benzene rings is 2. The third-order valence-corrected chi connectivity index (χ3v) is 8.99. The molecular weight excluding hydrogens is 748 g/mol. The maximum absolute atomic E-state index is 13.7. The van der Waals surface area contributed by atoms with Crippen molar-refractivity contribution in [3.8, 4) is 0 Å². The minimum absolute atomic E-state index is 0.142. The van der Waals surface area contributed by atoms with Crippen LogP contribution in [-0.4, -0.2) is 116 Å². The van der Waals surface area contributed by atoms with Gasteiger partial charge in [0.15, 0.2) is 36.8 Å². The van der Waals surface area contributed by atoms with Gasteiger partial charge in [0.05, 0.1) is 5.56 Å². The summed E-state index contributed by atoms with van der Waals surface area (Å²) in [6.07, 6.45) is -13.8. The summed E-state index contributed by atoms with van der Waals surface area (Å²) in [4.78, 5) is 88.3. The highest BCUT2D eigenvalue weighted by Gasteiger charge is 2.57. The van der Waals surface area contributed by atoms with E-state index in [1.165, 1.54) is 12.1 Å². The predicted molar refractivity (Wildman–Crippen MR) is 186 cm³/mol. The fourth-order valence-electron chi connectivity index (χ4n) is 5.77. The molecule has 2 aliphatic rings. The normalized spacial score (nSPS) is 27.4. The number of carbonyl (C=O) groups is 7. The van der Waals surface area contributed by atoms with E-state index in [0.29, 0.717) is 4.90 Å². The molecule has 0 bridgehead atoms. The number of ether oxygens (including phenoxy) is 10. The monoisotopic (exact) mass is 790 g/mol. The third-order valence-electron chi connectivity index (χ3n) is 7.83. The van der Waals surface area contributed by atoms with Gasteiger partial charge in [-0.25, -0.2) is 4.79 Å². The molecule has 2 aromatic rings. The zero-order chi connectivity index (χ0) is 40.2. The van der Waals surface area contributed by atoms with Gasteiger partial charge in [0, 0.05) is 46.4 Å². The highest BCUT2D eigenvalue weighted by molar-refractivity contribution is 7.99. The van der Waals surface area contributed by atoms with Gasteiger partial charge < -0.3 is 47.4 Å². The highest BCUT2D eigenvalue weighted by Crippen LogP contribution is 2.40. The lowest BCUT2D eigenvalue weighted by atomic mass is 9.96. The molecule has 18 heteroatoms. The van der Waals surface area contributed by atoms with E-state index in [4.69, 9.17) is 47.4 Å². The average Bonchev–Trinajstić information content (AvgIpc) is 3.11. The van der Waals surface area contributed by atoms with Crippen LogP contribution in [0.25, 0.3) is 0 Å². The van der Waals surface area contributed by atoms with Crippen molar-refractivity contribution >= 4 is 53.5 Å². The van der Waals surface area contributed by atoms with Crippen LogP contribution in [0.3, 0.4) is 0 Å². The molecule has 0 N–H and O–H groups in total. The van der Waals surface area contributed by atoms with Gasteiger partial charge in [-0.3, -0.25) is 28.8 Å². The first kappa shape index (κ1) is 42.7. The quantitative estimate of drug-likeness (QED) is 0.199. The molecule has 2 saturated heterocycles. The van der Waals surface area contributed by atoms with Gasteiger partial charge in [-0.15, -0.1) is 0 Å². The summed E-state index contributed by atoms with van der Waals surface area (Å²) in [7, 11) is 0. The second-order valence-corrected chi connectivity index (χ2v) is 13.4. The van der Waals surface area contributed by atoms with Gasteiger partial charge in [0.25, 0.3) is 0 Å². The van der Waals surface area contributed by atoms with E-state index in [-0.39, 0.29) is 5.56 Å². The van der Waals surface area contributed by atoms with E-state index < -0.39 is 116 Å². The van der Waals surface area contributed by atoms with E-state index in [1.54, 1.807) is 48.5 Å². The Morgan fingerprint density at radius 2 is 0.964 bits per heavy atom. The fraction of sp³-hybridized carbons (Fsp3) is 0.486. The third kappa shape index (κ3) is 12.5. The van der Waals surface area contributed by atoms with Gasteiger partial charge in [-0.05, 0) is 24.3 Å². The molecule has 0 radical (unpaired) electrons. The molecule has 17 nitrogen and oxygen atoms in total. The van der Waals surface area contributed by atoms with E-state index >= 15 is 0 Å². The molecule has 10 atom stereocenters. The molecule has 2 aromatic carbocycles. The van der Waals surface area contributed by atoms with Gasteiger partial charge in [0.2, 0.25) is 0 Å². The molecule has 0 spiro atoms. The number of thioether (sulfide) groups is 1. The number of rotatable bonds is 14. The van der Waals surface area contributed by atoms with Crippen molar-refractivity contribution in [3.63, 3.8) is 0 Å². The predicted octanol–water partition coefficient (Wildman–Crippen LogP) is 2.69. The summed E-state index contributed by atoms with van der Waals surface area (Å²) in [5.74, 6) is -5.73. The van der Waals surface area contributed by atoms with Crippen LogP contribution in [0.5, 0.6) is 0 Å². The van der Waals surface area contributed by atoms with Crippen LogP contribution in [-0.2, 0) is 76.1 Å². The Morgan fingerprint density at radius 3 is 1.47 bits per heavy atom. The van der Waals surface area contributed by atoms with Crippen molar-refractivity contribution in [3.05, 3.63) is 66.2 Å². The minimum Gasteiger partial charge on any atom is -0.463 e. The summed E-state index contributed by atoms with van der Waals surface area (Å²) in [5.41, 5.74) is -1.01. The molecule has 2 aliphatic heterocycles. The van der Waals surface area contributed by atoms with Crippen LogP contribution in [0.2, 0.25) is 0 Å². The second kappa shape index (κ2) is 20.0. The first-order valence-corrected chi connectivity index (χ1v) is 17.9. The van der Waals surface area contributed by atoms with Gasteiger partial charge in [-0.2, -0.15) is 0 Å². The van der Waals surface area contributed by atoms with Crippen LogP contribution in [0.4, 0.5) is 0 Å². The fourth-order valence-corrected chi connectivity index (χ4v) is 6.90. The summed E-state index contributed by atoms with van der Waals surface area (Å²) in [6, 6.07) is 16.8. The van der Waals surface area contributed by atoms with Gasteiger partial charge in [-0.1, -0.05) is 48.2 Å². The summed E-state index contributed by atoms with van der Waals surface area (Å²) < 4.78 is 58.0. The van der Waals surface area contributed by atoms with Crippen molar-refractivity contribution in [2.24, 2.45) is 0 Å². The Labute approximate surface area is 320 Å². The van der Waals surface area contributed by atoms with Crippen LogP contribution in [0.1, 0.15) is 51.9 Å². The van der Waals surface area contributed by atoms with Gasteiger partial charge >= 0.3 is 41.8 Å². The molecule has 298 valence electrons. The standard InChI is InChI=1S/C37H42O17S/c1-19(38)45-17-27-29(47-21(3)40)31(49-23(5)42)33(50-24(6)43)36(51-27)54-32-30(48-22(4)41)28(18-46-20(2)39)52-37(55-26-15-11-8-12-16-26)34(32)53-35(44)25-13-9-7-10-14-25/h7-16,27-34,36-37H,17-18H2,1-6H3/t27-,28-,29-,30-,31+,32+,33+,34+,36-,37-/m1/s1.